The van der Waals surface area contributed by atoms with Gasteiger partial charge in [0, 0.05) is 12.8 Å². The second-order valence-corrected chi connectivity index (χ2v) is 16.8. The first-order valence-electron chi connectivity index (χ1n) is 14.9. The summed E-state index contributed by atoms with van der Waals surface area (Å²) in [5.74, 6) is 1.16. The molecular formula is C34H52N3O4P. The van der Waals surface area contributed by atoms with Crippen LogP contribution in [0, 0.1) is 0 Å². The normalized spacial score (nSPS) is 16.1. The quantitative estimate of drug-likeness (QED) is 0.241. The number of rotatable bonds is 7. The van der Waals surface area contributed by atoms with E-state index in [1.54, 1.807) is 0 Å². The number of aryl methyl sites for hydroxylation is 2. The smallest absolute Gasteiger partial charge is 0.324 e. The third-order valence-electron chi connectivity index (χ3n) is 7.53. The molecule has 1 amide bonds. The molecule has 4 N–H and O–H groups in total. The fourth-order valence-corrected chi connectivity index (χ4v) is 6.06. The summed E-state index contributed by atoms with van der Waals surface area (Å²) in [4.78, 5) is 12.8. The van der Waals surface area contributed by atoms with E-state index in [1.165, 1.54) is 0 Å². The van der Waals surface area contributed by atoms with Crippen molar-refractivity contribution in [1.82, 2.24) is 10.3 Å². The summed E-state index contributed by atoms with van der Waals surface area (Å²) in [6, 6.07) is 8.21. The van der Waals surface area contributed by atoms with Crippen LogP contribution in [0.3, 0.4) is 0 Å². The number of aromatic hydroxyl groups is 2. The summed E-state index contributed by atoms with van der Waals surface area (Å²) in [7, 11) is -1.43. The van der Waals surface area contributed by atoms with Gasteiger partial charge in [-0.05, 0) is 67.9 Å². The van der Waals surface area contributed by atoms with Gasteiger partial charge in [-0.3, -0.25) is 9.88 Å². The maximum atomic E-state index is 12.8. The second kappa shape index (κ2) is 12.1. The van der Waals surface area contributed by atoms with Crippen molar-refractivity contribution in [2.24, 2.45) is 5.10 Å². The Morgan fingerprint density at radius 1 is 0.714 bits per heavy atom. The van der Waals surface area contributed by atoms with Crippen molar-refractivity contribution in [2.45, 2.75) is 130 Å². The van der Waals surface area contributed by atoms with Gasteiger partial charge in [-0.1, -0.05) is 107 Å². The summed E-state index contributed by atoms with van der Waals surface area (Å²) < 4.78 is 5.96. The zero-order valence-electron chi connectivity index (χ0n) is 27.7. The van der Waals surface area contributed by atoms with Crippen molar-refractivity contribution >= 4 is 20.3 Å². The van der Waals surface area contributed by atoms with Gasteiger partial charge in [-0.25, -0.2) is 5.20 Å². The van der Waals surface area contributed by atoms with Gasteiger partial charge in [0.25, 0.3) is 0 Å². The van der Waals surface area contributed by atoms with Gasteiger partial charge in [0.1, 0.15) is 11.5 Å². The van der Waals surface area contributed by atoms with E-state index in [0.717, 1.165) is 33.4 Å². The number of benzene rings is 2. The van der Waals surface area contributed by atoms with Crippen LogP contribution in [0.2, 0.25) is 0 Å². The predicted molar refractivity (Wildman–Crippen MR) is 174 cm³/mol. The molecule has 2 aromatic carbocycles. The van der Waals surface area contributed by atoms with E-state index >= 15 is 0 Å². The standard InChI is InChI=1S/C34H52N3O4P/c1-31(2,3)23-17-21(18-24(29(23)39)32(4,5)6)13-15-27(38)36-42-37-35-28(41-42)16-14-22-19-25(33(7,8)9)30(40)26(20-22)34(10,11)12/h17-20,37,39-40H,13-16H2,1-12H3,(H,36,38). The first kappa shape index (κ1) is 33.7. The Labute approximate surface area is 254 Å². The second-order valence-electron chi connectivity index (χ2n) is 15.6. The summed E-state index contributed by atoms with van der Waals surface area (Å²) in [5.41, 5.74) is 4.99. The first-order valence-corrected chi connectivity index (χ1v) is 16.2. The predicted octanol–water partition coefficient (Wildman–Crippen LogP) is 8.13. The van der Waals surface area contributed by atoms with Crippen molar-refractivity contribution in [1.29, 1.82) is 0 Å². The van der Waals surface area contributed by atoms with Crippen LogP contribution < -0.4 is 10.3 Å². The topological polar surface area (TPSA) is 103 Å². The molecule has 0 saturated carbocycles. The van der Waals surface area contributed by atoms with Gasteiger partial charge in [0.15, 0.2) is 0 Å². The van der Waals surface area contributed by atoms with E-state index in [9.17, 15) is 15.0 Å². The van der Waals surface area contributed by atoms with Gasteiger partial charge in [0.05, 0.1) is 0 Å². The molecule has 42 heavy (non-hydrogen) atoms. The number of hydrazone groups is 1. The lowest BCUT2D eigenvalue weighted by atomic mass is 9.78. The molecule has 0 radical (unpaired) electrons. The van der Waals surface area contributed by atoms with Gasteiger partial charge >= 0.3 is 8.45 Å². The van der Waals surface area contributed by atoms with Crippen LogP contribution in [0.25, 0.3) is 0 Å². The number of phenols is 2. The van der Waals surface area contributed by atoms with Crippen molar-refractivity contribution in [2.75, 3.05) is 0 Å². The fraction of sp³-hybridized carbons (Fsp3) is 0.588. The number of nitrogens with one attached hydrogen (secondary N) is 2. The molecule has 8 heteroatoms. The maximum absolute atomic E-state index is 12.8. The Morgan fingerprint density at radius 3 is 1.48 bits per heavy atom. The van der Waals surface area contributed by atoms with Gasteiger partial charge < -0.3 is 14.7 Å². The lowest BCUT2D eigenvalue weighted by Gasteiger charge is -2.28. The molecule has 3 rings (SSSR count). The van der Waals surface area contributed by atoms with Crippen molar-refractivity contribution in [3.05, 3.63) is 57.6 Å². The Kier molecular flexibility index (Phi) is 9.69. The van der Waals surface area contributed by atoms with E-state index in [0.29, 0.717) is 43.1 Å². The molecule has 232 valence electrons. The maximum Gasteiger partial charge on any atom is 0.324 e. The monoisotopic (exact) mass is 597 g/mol. The molecule has 0 aliphatic carbocycles. The molecule has 1 aliphatic rings. The highest BCUT2D eigenvalue weighted by Crippen LogP contribution is 2.42. The average Bonchev–Trinajstić information content (AvgIpc) is 3.26. The van der Waals surface area contributed by atoms with E-state index in [2.05, 4.69) is 111 Å². The molecule has 0 aromatic heterocycles. The Hall–Kier alpha value is -2.79. The number of phenolic OH excluding ortho intramolecular Hbond substituents is 2. The van der Waals surface area contributed by atoms with Crippen molar-refractivity contribution in [3.8, 4) is 11.5 Å². The number of hydrogen-bond donors (Lipinski definition) is 4. The van der Waals surface area contributed by atoms with Crippen LogP contribution in [-0.4, -0.2) is 22.0 Å². The van der Waals surface area contributed by atoms with Crippen LogP contribution in [0.1, 0.15) is 129 Å². The average molecular weight is 598 g/mol. The highest BCUT2D eigenvalue weighted by molar-refractivity contribution is 7.49. The summed E-state index contributed by atoms with van der Waals surface area (Å²) in [5, 5.41) is 32.2. The van der Waals surface area contributed by atoms with Crippen molar-refractivity contribution in [3.63, 3.8) is 0 Å². The lowest BCUT2D eigenvalue weighted by molar-refractivity contribution is -0.119. The Morgan fingerprint density at radius 2 is 1.10 bits per heavy atom. The molecule has 1 unspecified atom stereocenters. The van der Waals surface area contributed by atoms with Gasteiger partial charge in [-0.2, -0.15) is 0 Å². The highest BCUT2D eigenvalue weighted by Gasteiger charge is 2.29. The zero-order valence-corrected chi connectivity index (χ0v) is 28.6. The lowest BCUT2D eigenvalue weighted by Crippen LogP contribution is -2.22. The molecule has 0 spiro atoms. The van der Waals surface area contributed by atoms with Crippen LogP contribution in [0.4, 0.5) is 0 Å². The first-order chi connectivity index (χ1) is 19.1. The van der Waals surface area contributed by atoms with Crippen LogP contribution in [0.5, 0.6) is 11.5 Å². The van der Waals surface area contributed by atoms with Gasteiger partial charge in [-0.15, -0.1) is 5.10 Å². The highest BCUT2D eigenvalue weighted by atomic mass is 31.2. The molecule has 2 aromatic rings. The molecular weight excluding hydrogens is 545 g/mol. The molecule has 1 aliphatic heterocycles. The summed E-state index contributed by atoms with van der Waals surface area (Å²) in [6.45, 7) is 25.2. The SMILES string of the molecule is CC(C)(C)c1cc(CCC(=O)NP2NN=C(CCc3cc(C(C)(C)C)c(O)c(C(C)(C)C)c3)O2)cc(C(C)(C)C)c1O. The van der Waals surface area contributed by atoms with Crippen LogP contribution in [-0.2, 0) is 43.8 Å². The minimum atomic E-state index is -1.43. The number of carbonyl (C=O) groups excluding carboxylic acids is 1. The minimum Gasteiger partial charge on any atom is -0.507 e. The summed E-state index contributed by atoms with van der Waals surface area (Å²) in [6.07, 6.45) is 2.15. The minimum absolute atomic E-state index is 0.115. The van der Waals surface area contributed by atoms with Crippen LogP contribution in [0.15, 0.2) is 29.4 Å². The van der Waals surface area contributed by atoms with E-state index in [4.69, 9.17) is 4.52 Å². The summed E-state index contributed by atoms with van der Waals surface area (Å²) >= 11 is 0. The number of amides is 1. The molecule has 1 heterocycles. The molecule has 0 fully saturated rings. The van der Waals surface area contributed by atoms with Gasteiger partial charge in [0.2, 0.25) is 11.8 Å². The van der Waals surface area contributed by atoms with E-state index in [1.807, 2.05) is 12.1 Å². The number of carbonyl (C=O) groups is 1. The zero-order chi connectivity index (χ0) is 31.8. The fourth-order valence-electron chi connectivity index (χ4n) is 5.04. The van der Waals surface area contributed by atoms with Crippen LogP contribution >= 0.6 is 8.45 Å². The third kappa shape index (κ3) is 8.40. The number of nitrogens with zero attached hydrogens (tertiary/aromatic N) is 1. The Balaban J connectivity index is 1.61. The largest absolute Gasteiger partial charge is 0.507 e. The molecule has 1 atom stereocenters. The van der Waals surface area contributed by atoms with E-state index < -0.39 is 8.45 Å². The third-order valence-corrected chi connectivity index (χ3v) is 8.66. The Bertz CT molecular complexity index is 1270. The molecule has 0 saturated heterocycles. The number of hydrogen-bond acceptors (Lipinski definition) is 6. The van der Waals surface area contributed by atoms with Crippen molar-refractivity contribution < 1.29 is 19.5 Å². The molecule has 0 bridgehead atoms. The van der Waals surface area contributed by atoms with E-state index in [-0.39, 0.29) is 27.6 Å². The molecule has 7 nitrogen and oxygen atoms in total.